The number of carbonyl (C=O) groups excluding carboxylic acids is 2. The van der Waals surface area contributed by atoms with Crippen LogP contribution in [0.15, 0.2) is 42.5 Å². The smallest absolute Gasteiger partial charge is 0.319 e. The Bertz CT molecular complexity index is 839. The van der Waals surface area contributed by atoms with Crippen LogP contribution in [0.5, 0.6) is 5.75 Å². The Balaban J connectivity index is 1.93. The summed E-state index contributed by atoms with van der Waals surface area (Å²) in [6.45, 7) is 6.07. The lowest BCUT2D eigenvalue weighted by Crippen LogP contribution is -2.43. The van der Waals surface area contributed by atoms with E-state index in [4.69, 9.17) is 27.9 Å². The molecular formula is C20H23Cl2N3O3. The summed E-state index contributed by atoms with van der Waals surface area (Å²) in [4.78, 5) is 23.8. The highest BCUT2D eigenvalue weighted by atomic mass is 35.5. The number of rotatable bonds is 7. The van der Waals surface area contributed by atoms with Gasteiger partial charge in [0.05, 0.1) is 15.6 Å². The molecule has 0 spiro atoms. The number of ether oxygens (including phenoxy) is 1. The molecule has 0 saturated carbocycles. The number of benzene rings is 2. The largest absolute Gasteiger partial charge is 0.484 e. The van der Waals surface area contributed by atoms with Crippen LogP contribution in [0.1, 0.15) is 26.3 Å². The van der Waals surface area contributed by atoms with E-state index < -0.39 is 5.54 Å². The van der Waals surface area contributed by atoms with Crippen molar-refractivity contribution in [2.75, 3.05) is 18.5 Å². The molecule has 0 bridgehead atoms. The van der Waals surface area contributed by atoms with Gasteiger partial charge in [0, 0.05) is 12.2 Å². The number of likely N-dealkylation sites (N-methyl/N-ethyl adjacent to an activating group) is 1. The van der Waals surface area contributed by atoms with Gasteiger partial charge in [-0.15, -0.1) is 0 Å². The van der Waals surface area contributed by atoms with Crippen LogP contribution in [-0.4, -0.2) is 25.1 Å². The fourth-order valence-electron chi connectivity index (χ4n) is 2.43. The molecule has 0 fully saturated rings. The van der Waals surface area contributed by atoms with E-state index in [1.807, 2.05) is 26.8 Å². The molecule has 2 aromatic rings. The SMILES string of the molecule is CCNC(=O)COc1ccc(NC(=O)NC(C)(C)c2ccc(Cl)c(Cl)c2)cc1. The number of hydrogen-bond acceptors (Lipinski definition) is 3. The molecule has 6 nitrogen and oxygen atoms in total. The second kappa shape index (κ2) is 9.66. The third-order valence-electron chi connectivity index (χ3n) is 3.92. The molecule has 3 amide bonds. The van der Waals surface area contributed by atoms with Crippen molar-refractivity contribution in [2.45, 2.75) is 26.3 Å². The van der Waals surface area contributed by atoms with Crippen molar-refractivity contribution in [3.63, 3.8) is 0 Å². The number of urea groups is 1. The van der Waals surface area contributed by atoms with Gasteiger partial charge in [0.1, 0.15) is 5.75 Å². The number of anilines is 1. The van der Waals surface area contributed by atoms with E-state index in [9.17, 15) is 9.59 Å². The first kappa shape index (κ1) is 21.9. The van der Waals surface area contributed by atoms with Gasteiger partial charge >= 0.3 is 6.03 Å². The molecule has 2 rings (SSSR count). The lowest BCUT2D eigenvalue weighted by atomic mass is 9.94. The minimum atomic E-state index is -0.659. The second-order valence-electron chi connectivity index (χ2n) is 6.60. The van der Waals surface area contributed by atoms with Crippen molar-refractivity contribution < 1.29 is 14.3 Å². The maximum Gasteiger partial charge on any atom is 0.319 e. The van der Waals surface area contributed by atoms with Gasteiger partial charge in [0.25, 0.3) is 5.91 Å². The number of carbonyl (C=O) groups is 2. The fourth-order valence-corrected chi connectivity index (χ4v) is 2.73. The monoisotopic (exact) mass is 423 g/mol. The average molecular weight is 424 g/mol. The molecule has 0 aromatic heterocycles. The van der Waals surface area contributed by atoms with Gasteiger partial charge in [-0.25, -0.2) is 4.79 Å². The Morgan fingerprint density at radius 2 is 1.71 bits per heavy atom. The van der Waals surface area contributed by atoms with Crippen LogP contribution in [-0.2, 0) is 10.3 Å². The molecule has 28 heavy (non-hydrogen) atoms. The average Bonchev–Trinajstić information content (AvgIpc) is 2.63. The van der Waals surface area contributed by atoms with Crippen LogP contribution < -0.4 is 20.7 Å². The minimum absolute atomic E-state index is 0.0566. The molecular weight excluding hydrogens is 401 g/mol. The zero-order valence-corrected chi connectivity index (χ0v) is 17.4. The van der Waals surface area contributed by atoms with Gasteiger partial charge in [-0.1, -0.05) is 29.3 Å². The van der Waals surface area contributed by atoms with E-state index in [0.29, 0.717) is 28.0 Å². The van der Waals surface area contributed by atoms with E-state index >= 15 is 0 Å². The van der Waals surface area contributed by atoms with Gasteiger partial charge < -0.3 is 20.7 Å². The van der Waals surface area contributed by atoms with Crippen LogP contribution in [0.3, 0.4) is 0 Å². The Morgan fingerprint density at radius 3 is 2.32 bits per heavy atom. The summed E-state index contributed by atoms with van der Waals surface area (Å²) >= 11 is 12.0. The minimum Gasteiger partial charge on any atom is -0.484 e. The molecule has 2 aromatic carbocycles. The molecule has 0 aliphatic heterocycles. The summed E-state index contributed by atoms with van der Waals surface area (Å²) in [6, 6.07) is 11.6. The first-order chi connectivity index (χ1) is 13.2. The summed E-state index contributed by atoms with van der Waals surface area (Å²) in [6.07, 6.45) is 0. The Hall–Kier alpha value is -2.44. The van der Waals surface area contributed by atoms with Crippen LogP contribution in [0.2, 0.25) is 10.0 Å². The maximum atomic E-state index is 12.4. The third-order valence-corrected chi connectivity index (χ3v) is 4.66. The van der Waals surface area contributed by atoms with Crippen LogP contribution in [0.25, 0.3) is 0 Å². The van der Waals surface area contributed by atoms with Gasteiger partial charge in [0.2, 0.25) is 0 Å². The second-order valence-corrected chi connectivity index (χ2v) is 7.41. The van der Waals surface area contributed by atoms with Crippen molar-refractivity contribution >= 4 is 40.8 Å². The van der Waals surface area contributed by atoms with Crippen molar-refractivity contribution in [1.82, 2.24) is 10.6 Å². The van der Waals surface area contributed by atoms with E-state index in [-0.39, 0.29) is 18.5 Å². The summed E-state index contributed by atoms with van der Waals surface area (Å²) in [5, 5.41) is 9.20. The zero-order chi connectivity index (χ0) is 20.7. The first-order valence-electron chi connectivity index (χ1n) is 8.75. The van der Waals surface area contributed by atoms with Gasteiger partial charge in [0.15, 0.2) is 6.61 Å². The van der Waals surface area contributed by atoms with Crippen LogP contribution in [0, 0.1) is 0 Å². The third kappa shape index (κ3) is 6.32. The molecule has 0 aliphatic carbocycles. The van der Waals surface area contributed by atoms with Crippen molar-refractivity contribution in [3.8, 4) is 5.75 Å². The summed E-state index contributed by atoms with van der Waals surface area (Å²) < 4.78 is 5.38. The number of nitrogens with one attached hydrogen (secondary N) is 3. The van der Waals surface area contributed by atoms with E-state index in [2.05, 4.69) is 16.0 Å². The molecule has 0 unspecified atom stereocenters. The highest BCUT2D eigenvalue weighted by molar-refractivity contribution is 6.42. The zero-order valence-electron chi connectivity index (χ0n) is 15.9. The van der Waals surface area contributed by atoms with Gasteiger partial charge in [-0.05, 0) is 62.7 Å². The lowest BCUT2D eigenvalue weighted by Gasteiger charge is -2.27. The van der Waals surface area contributed by atoms with Crippen LogP contribution in [0.4, 0.5) is 10.5 Å². The maximum absolute atomic E-state index is 12.4. The predicted octanol–water partition coefficient (Wildman–Crippen LogP) is 4.57. The Labute approximate surface area is 174 Å². The first-order valence-corrected chi connectivity index (χ1v) is 9.51. The van der Waals surface area contributed by atoms with E-state index in [0.717, 1.165) is 5.56 Å². The molecule has 3 N–H and O–H groups in total. The normalized spacial score (nSPS) is 10.9. The Kier molecular flexibility index (Phi) is 7.54. The van der Waals surface area contributed by atoms with Crippen molar-refractivity contribution in [1.29, 1.82) is 0 Å². The fraction of sp³-hybridized carbons (Fsp3) is 0.300. The molecule has 150 valence electrons. The van der Waals surface area contributed by atoms with Crippen LogP contribution >= 0.6 is 23.2 Å². The molecule has 0 heterocycles. The quantitative estimate of drug-likeness (QED) is 0.610. The number of hydrogen-bond donors (Lipinski definition) is 3. The summed E-state index contributed by atoms with van der Waals surface area (Å²) in [5.41, 5.74) is 0.757. The number of amides is 3. The molecule has 0 aliphatic rings. The molecule has 0 radical (unpaired) electrons. The molecule has 0 saturated heterocycles. The van der Waals surface area contributed by atoms with E-state index in [1.165, 1.54) is 0 Å². The molecule has 0 atom stereocenters. The van der Waals surface area contributed by atoms with Crippen molar-refractivity contribution in [3.05, 3.63) is 58.1 Å². The van der Waals surface area contributed by atoms with Crippen molar-refractivity contribution in [2.24, 2.45) is 0 Å². The van der Waals surface area contributed by atoms with Gasteiger partial charge in [-0.2, -0.15) is 0 Å². The number of halogens is 2. The molecule has 8 heteroatoms. The Morgan fingerprint density at radius 1 is 1.04 bits per heavy atom. The van der Waals surface area contributed by atoms with Gasteiger partial charge in [-0.3, -0.25) is 4.79 Å². The standard InChI is InChI=1S/C20H23Cl2N3O3/c1-4-23-18(26)12-28-15-8-6-14(7-9-15)24-19(27)25-20(2,3)13-5-10-16(21)17(22)11-13/h5-11H,4,12H2,1-3H3,(H,23,26)(H2,24,25,27). The highest BCUT2D eigenvalue weighted by Gasteiger charge is 2.23. The lowest BCUT2D eigenvalue weighted by molar-refractivity contribution is -0.122. The highest BCUT2D eigenvalue weighted by Crippen LogP contribution is 2.28. The van der Waals surface area contributed by atoms with E-state index in [1.54, 1.807) is 36.4 Å². The summed E-state index contributed by atoms with van der Waals surface area (Å²) in [7, 11) is 0. The topological polar surface area (TPSA) is 79.5 Å². The summed E-state index contributed by atoms with van der Waals surface area (Å²) in [5.74, 6) is 0.349. The predicted molar refractivity (Wildman–Crippen MR) is 112 cm³/mol.